The van der Waals surface area contributed by atoms with E-state index in [9.17, 15) is 27.2 Å². The average Bonchev–Trinajstić information content (AvgIpc) is 3.44. The van der Waals surface area contributed by atoms with Gasteiger partial charge in [0.05, 0.1) is 23.9 Å². The van der Waals surface area contributed by atoms with Gasteiger partial charge in [-0.25, -0.2) is 9.07 Å². The van der Waals surface area contributed by atoms with Gasteiger partial charge in [0.25, 0.3) is 0 Å². The molecule has 0 spiro atoms. The van der Waals surface area contributed by atoms with E-state index in [1.54, 1.807) is 30.3 Å². The van der Waals surface area contributed by atoms with E-state index in [-0.39, 0.29) is 37.2 Å². The summed E-state index contributed by atoms with van der Waals surface area (Å²) in [6.45, 7) is 0.913. The molecule has 184 valence electrons. The number of hydrogen-bond acceptors (Lipinski definition) is 4. The third kappa shape index (κ3) is 5.86. The molecule has 7 nitrogen and oxygen atoms in total. The van der Waals surface area contributed by atoms with E-state index in [4.69, 9.17) is 4.74 Å². The highest BCUT2D eigenvalue weighted by molar-refractivity contribution is 5.97. The molecule has 0 bridgehead atoms. The molecule has 4 rings (SSSR count). The van der Waals surface area contributed by atoms with Crippen LogP contribution in [0.25, 0.3) is 16.9 Å². The number of nitrogens with one attached hydrogen (secondary N) is 2. The number of amides is 2. The Labute approximate surface area is 198 Å². The second kappa shape index (κ2) is 9.87. The number of carbonyl (C=O) groups is 2. The molecule has 35 heavy (non-hydrogen) atoms. The molecule has 3 aromatic rings. The topological polar surface area (TPSA) is 85.2 Å². The Morgan fingerprint density at radius 2 is 1.97 bits per heavy atom. The van der Waals surface area contributed by atoms with Crippen LogP contribution in [-0.4, -0.2) is 40.4 Å². The minimum atomic E-state index is -4.47. The van der Waals surface area contributed by atoms with Gasteiger partial charge < -0.3 is 15.4 Å². The smallest absolute Gasteiger partial charge is 0.364 e. The number of ether oxygens (including phenoxy) is 1. The van der Waals surface area contributed by atoms with E-state index in [1.807, 2.05) is 0 Å². The van der Waals surface area contributed by atoms with Gasteiger partial charge in [-0.05, 0) is 42.8 Å². The zero-order valence-corrected chi connectivity index (χ0v) is 18.6. The minimum absolute atomic E-state index is 0.0791. The Hall–Kier alpha value is -3.73. The number of hydrogen-bond donors (Lipinski definition) is 2. The Morgan fingerprint density at radius 1 is 1.23 bits per heavy atom. The molecule has 2 N–H and O–H groups in total. The fraction of sp³-hybridized carbons (Fsp3) is 0.292. The number of carbonyl (C=O) groups excluding carboxylic acids is 2. The molecule has 1 aliphatic rings. The van der Waals surface area contributed by atoms with Crippen LogP contribution < -0.4 is 10.6 Å². The number of aromatic nitrogens is 2. The SMILES string of the molecule is C[C@@H](OCc1cccc(-c2cc(NC(=O)C3CNC(=O)C3)nn2-c2ccc(F)cc2)c1)C(F)(F)F. The van der Waals surface area contributed by atoms with Crippen LogP contribution in [0.2, 0.25) is 0 Å². The van der Waals surface area contributed by atoms with E-state index in [0.717, 1.165) is 6.92 Å². The largest absolute Gasteiger partial charge is 0.414 e. The summed E-state index contributed by atoms with van der Waals surface area (Å²) in [5.74, 6) is -1.34. The quantitative estimate of drug-likeness (QED) is 0.486. The summed E-state index contributed by atoms with van der Waals surface area (Å²) in [6.07, 6.45) is -6.31. The fourth-order valence-electron chi connectivity index (χ4n) is 3.58. The first-order valence-corrected chi connectivity index (χ1v) is 10.8. The van der Waals surface area contributed by atoms with Crippen molar-refractivity contribution >= 4 is 17.6 Å². The van der Waals surface area contributed by atoms with Crippen molar-refractivity contribution in [2.24, 2.45) is 5.92 Å². The van der Waals surface area contributed by atoms with Crippen LogP contribution in [0.4, 0.5) is 23.4 Å². The molecule has 0 saturated carbocycles. The summed E-state index contributed by atoms with van der Waals surface area (Å²) < 4.78 is 58.3. The summed E-state index contributed by atoms with van der Waals surface area (Å²) in [7, 11) is 0. The molecular weight excluding hydrogens is 468 g/mol. The maximum atomic E-state index is 13.5. The van der Waals surface area contributed by atoms with Gasteiger partial charge in [0.1, 0.15) is 5.82 Å². The number of alkyl halides is 3. The lowest BCUT2D eigenvalue weighted by Gasteiger charge is -2.16. The number of nitrogens with zero attached hydrogens (tertiary/aromatic N) is 2. The third-order valence-electron chi connectivity index (χ3n) is 5.56. The zero-order valence-electron chi connectivity index (χ0n) is 18.6. The van der Waals surface area contributed by atoms with Crippen molar-refractivity contribution in [3.05, 3.63) is 66.0 Å². The summed E-state index contributed by atoms with van der Waals surface area (Å²) in [4.78, 5) is 24.0. The highest BCUT2D eigenvalue weighted by Gasteiger charge is 2.36. The van der Waals surface area contributed by atoms with Gasteiger partial charge in [0, 0.05) is 24.6 Å². The minimum Gasteiger partial charge on any atom is -0.364 e. The van der Waals surface area contributed by atoms with Gasteiger partial charge in [-0.2, -0.15) is 13.2 Å². The molecule has 1 unspecified atom stereocenters. The van der Waals surface area contributed by atoms with Crippen molar-refractivity contribution < 1.29 is 31.9 Å². The molecule has 1 saturated heterocycles. The molecule has 2 atom stereocenters. The lowest BCUT2D eigenvalue weighted by atomic mass is 10.1. The van der Waals surface area contributed by atoms with Gasteiger partial charge >= 0.3 is 6.18 Å². The lowest BCUT2D eigenvalue weighted by Crippen LogP contribution is -2.28. The molecule has 1 aliphatic heterocycles. The number of benzene rings is 2. The van der Waals surface area contributed by atoms with Crippen LogP contribution in [0.3, 0.4) is 0 Å². The second-order valence-electron chi connectivity index (χ2n) is 8.19. The van der Waals surface area contributed by atoms with Crippen molar-refractivity contribution in [3.8, 4) is 16.9 Å². The Kier molecular flexibility index (Phi) is 6.88. The molecule has 0 aliphatic carbocycles. The lowest BCUT2D eigenvalue weighted by molar-refractivity contribution is -0.217. The van der Waals surface area contributed by atoms with Gasteiger partial charge in [0.15, 0.2) is 11.9 Å². The number of rotatable bonds is 7. The van der Waals surface area contributed by atoms with Crippen LogP contribution in [0.1, 0.15) is 18.9 Å². The van der Waals surface area contributed by atoms with Crippen molar-refractivity contribution in [2.75, 3.05) is 11.9 Å². The van der Waals surface area contributed by atoms with Gasteiger partial charge in [0.2, 0.25) is 11.8 Å². The first kappa shape index (κ1) is 24.4. The van der Waals surface area contributed by atoms with Crippen LogP contribution >= 0.6 is 0 Å². The Bertz CT molecular complexity index is 1220. The van der Waals surface area contributed by atoms with Crippen molar-refractivity contribution in [1.82, 2.24) is 15.1 Å². The predicted molar refractivity (Wildman–Crippen MR) is 119 cm³/mol. The van der Waals surface area contributed by atoms with Crippen molar-refractivity contribution in [1.29, 1.82) is 0 Å². The molecule has 2 heterocycles. The number of anilines is 1. The highest BCUT2D eigenvalue weighted by Crippen LogP contribution is 2.29. The fourth-order valence-corrected chi connectivity index (χ4v) is 3.58. The van der Waals surface area contributed by atoms with Crippen LogP contribution in [0.15, 0.2) is 54.6 Å². The maximum absolute atomic E-state index is 13.5. The summed E-state index contributed by atoms with van der Waals surface area (Å²) in [6, 6.07) is 13.8. The van der Waals surface area contributed by atoms with Crippen LogP contribution in [-0.2, 0) is 20.9 Å². The van der Waals surface area contributed by atoms with Gasteiger partial charge in [-0.1, -0.05) is 18.2 Å². The van der Waals surface area contributed by atoms with E-state index >= 15 is 0 Å². The monoisotopic (exact) mass is 490 g/mol. The Balaban J connectivity index is 1.63. The van der Waals surface area contributed by atoms with Gasteiger partial charge in [-0.15, -0.1) is 5.10 Å². The molecule has 0 radical (unpaired) electrons. The molecule has 11 heteroatoms. The first-order valence-electron chi connectivity index (χ1n) is 10.8. The number of halogens is 4. The molecule has 2 aromatic carbocycles. The molecule has 2 amide bonds. The van der Waals surface area contributed by atoms with E-state index in [1.165, 1.54) is 28.9 Å². The standard InChI is InChI=1S/C24H22F4N4O3/c1-14(24(26,27)28)35-13-15-3-2-4-16(9-15)20-11-21(30-23(34)17-10-22(33)29-12-17)31-32(20)19-7-5-18(25)6-8-19/h2-9,11,14,17H,10,12-13H2,1H3,(H,29,33)(H,30,31,34)/t14-,17?/m1/s1. The molecule has 1 aromatic heterocycles. The van der Waals surface area contributed by atoms with Crippen molar-refractivity contribution in [3.63, 3.8) is 0 Å². The third-order valence-corrected chi connectivity index (χ3v) is 5.56. The Morgan fingerprint density at radius 3 is 2.63 bits per heavy atom. The average molecular weight is 490 g/mol. The van der Waals surface area contributed by atoms with E-state index in [0.29, 0.717) is 22.5 Å². The summed E-state index contributed by atoms with van der Waals surface area (Å²) >= 11 is 0. The summed E-state index contributed by atoms with van der Waals surface area (Å²) in [5, 5.41) is 9.73. The van der Waals surface area contributed by atoms with Crippen LogP contribution in [0, 0.1) is 11.7 Å². The molecule has 1 fully saturated rings. The zero-order chi connectivity index (χ0) is 25.2. The normalized spacial score (nSPS) is 16.7. The van der Waals surface area contributed by atoms with Gasteiger partial charge in [-0.3, -0.25) is 9.59 Å². The summed E-state index contributed by atoms with van der Waals surface area (Å²) in [5.41, 5.74) is 2.12. The van der Waals surface area contributed by atoms with Crippen LogP contribution in [0.5, 0.6) is 0 Å². The first-order chi connectivity index (χ1) is 16.6. The van der Waals surface area contributed by atoms with E-state index < -0.39 is 24.0 Å². The highest BCUT2D eigenvalue weighted by atomic mass is 19.4. The second-order valence-corrected chi connectivity index (χ2v) is 8.19. The van der Waals surface area contributed by atoms with E-state index in [2.05, 4.69) is 15.7 Å². The molecular formula is C24H22F4N4O3. The predicted octanol–water partition coefficient (Wildman–Crippen LogP) is 4.22. The van der Waals surface area contributed by atoms with Crippen molar-refractivity contribution in [2.45, 2.75) is 32.2 Å². The maximum Gasteiger partial charge on any atom is 0.414 e.